The van der Waals surface area contributed by atoms with Crippen LogP contribution in [0.1, 0.15) is 46.0 Å². The van der Waals surface area contributed by atoms with Gasteiger partial charge in [0, 0.05) is 12.6 Å². The van der Waals surface area contributed by atoms with E-state index in [4.69, 9.17) is 0 Å². The van der Waals surface area contributed by atoms with E-state index in [0.29, 0.717) is 34.1 Å². The van der Waals surface area contributed by atoms with Crippen molar-refractivity contribution < 1.29 is 4.79 Å². The van der Waals surface area contributed by atoms with Gasteiger partial charge in [-0.2, -0.15) is 0 Å². The molecule has 0 bridgehead atoms. The van der Waals surface area contributed by atoms with Gasteiger partial charge in [-0.25, -0.2) is 4.98 Å². The number of aromatic nitrogens is 2. The maximum absolute atomic E-state index is 12.7. The van der Waals surface area contributed by atoms with Crippen LogP contribution in [0, 0.1) is 5.92 Å². The van der Waals surface area contributed by atoms with Gasteiger partial charge in [-0.15, -0.1) is 11.3 Å². The Morgan fingerprint density at radius 3 is 2.88 bits per heavy atom. The van der Waals surface area contributed by atoms with Gasteiger partial charge in [0.25, 0.3) is 5.56 Å². The number of nitrogens with one attached hydrogen (secondary N) is 1. The Morgan fingerprint density at radius 2 is 2.16 bits per heavy atom. The molecular formula is C18H25N3O2S2. The van der Waals surface area contributed by atoms with Crippen molar-refractivity contribution in [2.24, 2.45) is 5.92 Å². The Kier molecular flexibility index (Phi) is 6.17. The summed E-state index contributed by atoms with van der Waals surface area (Å²) >= 11 is 2.79. The highest BCUT2D eigenvalue weighted by Gasteiger charge is 2.18. The fraction of sp³-hybridized carbons (Fsp3) is 0.611. The Hall–Kier alpha value is -1.34. The molecule has 0 radical (unpaired) electrons. The second-order valence-corrected chi connectivity index (χ2v) is 8.89. The molecule has 1 fully saturated rings. The van der Waals surface area contributed by atoms with Crippen molar-refractivity contribution >= 4 is 39.2 Å². The summed E-state index contributed by atoms with van der Waals surface area (Å²) in [5, 5.41) is 5.66. The molecule has 0 atom stereocenters. The minimum absolute atomic E-state index is 0.00360. The molecule has 25 heavy (non-hydrogen) atoms. The second-order valence-electron chi connectivity index (χ2n) is 7.03. The minimum atomic E-state index is 0.00360. The maximum atomic E-state index is 12.7. The summed E-state index contributed by atoms with van der Waals surface area (Å²) in [6.45, 7) is 4.77. The molecule has 2 heterocycles. The number of fused-ring (bicyclic) bond motifs is 1. The minimum Gasteiger partial charge on any atom is -0.353 e. The smallest absolute Gasteiger partial charge is 0.272 e. The van der Waals surface area contributed by atoms with Crippen LogP contribution in [-0.2, 0) is 11.3 Å². The lowest BCUT2D eigenvalue weighted by molar-refractivity contribution is -0.119. The van der Waals surface area contributed by atoms with Crippen LogP contribution in [0.3, 0.4) is 0 Å². The molecule has 2 aromatic rings. The first-order chi connectivity index (χ1) is 12.0. The van der Waals surface area contributed by atoms with E-state index in [9.17, 15) is 9.59 Å². The number of thiophene rings is 1. The van der Waals surface area contributed by atoms with Crippen LogP contribution in [0.2, 0.25) is 0 Å². The van der Waals surface area contributed by atoms with Gasteiger partial charge in [0.15, 0.2) is 5.16 Å². The fourth-order valence-corrected chi connectivity index (χ4v) is 4.80. The Labute approximate surface area is 156 Å². The van der Waals surface area contributed by atoms with E-state index < -0.39 is 0 Å². The second kappa shape index (κ2) is 8.36. The summed E-state index contributed by atoms with van der Waals surface area (Å²) in [5.74, 6) is 0.677. The van der Waals surface area contributed by atoms with Crippen molar-refractivity contribution in [2.45, 2.75) is 63.7 Å². The molecule has 1 saturated carbocycles. The van der Waals surface area contributed by atoms with E-state index >= 15 is 0 Å². The molecule has 136 valence electrons. The van der Waals surface area contributed by atoms with Gasteiger partial charge < -0.3 is 5.32 Å². The van der Waals surface area contributed by atoms with Crippen LogP contribution in [0.15, 0.2) is 21.4 Å². The summed E-state index contributed by atoms with van der Waals surface area (Å²) in [4.78, 5) is 29.6. The molecule has 7 heteroatoms. The number of carbonyl (C=O) groups is 1. The van der Waals surface area contributed by atoms with E-state index in [1.54, 1.807) is 4.57 Å². The topological polar surface area (TPSA) is 64.0 Å². The average Bonchev–Trinajstić information content (AvgIpc) is 3.05. The van der Waals surface area contributed by atoms with Crippen LogP contribution >= 0.6 is 23.1 Å². The Balaban J connectivity index is 1.73. The SMILES string of the molecule is CC(C)Cn1c(SCC(=O)NC2CCCCC2)nc2ccsc2c1=O. The van der Waals surface area contributed by atoms with Gasteiger partial charge >= 0.3 is 0 Å². The van der Waals surface area contributed by atoms with Crippen molar-refractivity contribution in [1.29, 1.82) is 0 Å². The van der Waals surface area contributed by atoms with Gasteiger partial charge in [0.05, 0.1) is 11.3 Å². The molecule has 1 amide bonds. The predicted octanol–water partition coefficient (Wildman–Crippen LogP) is 3.66. The quantitative estimate of drug-likeness (QED) is 0.615. The molecule has 0 unspecified atom stereocenters. The highest BCUT2D eigenvalue weighted by molar-refractivity contribution is 7.99. The predicted molar refractivity (Wildman–Crippen MR) is 104 cm³/mol. The first-order valence-electron chi connectivity index (χ1n) is 8.95. The molecule has 1 aliphatic rings. The van der Waals surface area contributed by atoms with Gasteiger partial charge in [0.1, 0.15) is 4.70 Å². The molecular weight excluding hydrogens is 354 g/mol. The Bertz CT molecular complexity index is 791. The Morgan fingerprint density at radius 1 is 1.40 bits per heavy atom. The van der Waals surface area contributed by atoms with Gasteiger partial charge in [-0.3, -0.25) is 14.2 Å². The van der Waals surface area contributed by atoms with Crippen LogP contribution in [-0.4, -0.2) is 27.3 Å². The van der Waals surface area contributed by atoms with Crippen molar-refractivity contribution in [3.8, 4) is 0 Å². The van der Waals surface area contributed by atoms with E-state index in [2.05, 4.69) is 24.1 Å². The zero-order valence-electron chi connectivity index (χ0n) is 14.8. The molecule has 1 aliphatic carbocycles. The lowest BCUT2D eigenvalue weighted by atomic mass is 9.95. The number of hydrogen-bond acceptors (Lipinski definition) is 5. The largest absolute Gasteiger partial charge is 0.353 e. The molecule has 2 aromatic heterocycles. The number of carbonyl (C=O) groups excluding carboxylic acids is 1. The van der Waals surface area contributed by atoms with Crippen LogP contribution in [0.4, 0.5) is 0 Å². The average molecular weight is 380 g/mol. The third-order valence-corrected chi connectivity index (χ3v) is 6.25. The molecule has 0 saturated heterocycles. The molecule has 3 rings (SSSR count). The number of amides is 1. The first-order valence-corrected chi connectivity index (χ1v) is 10.8. The standard InChI is InChI=1S/C18H25N3O2S2/c1-12(2)10-21-17(23)16-14(8-9-24-16)20-18(21)25-11-15(22)19-13-6-4-3-5-7-13/h8-9,12-13H,3-7,10-11H2,1-2H3,(H,19,22). The van der Waals surface area contributed by atoms with Crippen LogP contribution < -0.4 is 10.9 Å². The number of nitrogens with zero attached hydrogens (tertiary/aromatic N) is 2. The van der Waals surface area contributed by atoms with Gasteiger partial charge in [-0.1, -0.05) is 44.9 Å². The molecule has 0 aliphatic heterocycles. The molecule has 0 spiro atoms. The number of hydrogen-bond donors (Lipinski definition) is 1. The molecule has 1 N–H and O–H groups in total. The van der Waals surface area contributed by atoms with Gasteiger partial charge in [-0.05, 0) is 30.2 Å². The summed E-state index contributed by atoms with van der Waals surface area (Å²) in [7, 11) is 0. The summed E-state index contributed by atoms with van der Waals surface area (Å²) < 4.78 is 2.42. The van der Waals surface area contributed by atoms with Crippen LogP contribution in [0.25, 0.3) is 10.2 Å². The lowest BCUT2D eigenvalue weighted by Gasteiger charge is -2.22. The third kappa shape index (κ3) is 4.64. The van der Waals surface area contributed by atoms with Gasteiger partial charge in [0.2, 0.25) is 5.91 Å². The molecule has 0 aromatic carbocycles. The third-order valence-electron chi connectivity index (χ3n) is 4.38. The normalized spacial score (nSPS) is 15.8. The highest BCUT2D eigenvalue weighted by Crippen LogP contribution is 2.22. The van der Waals surface area contributed by atoms with E-state index in [1.165, 1.54) is 42.4 Å². The van der Waals surface area contributed by atoms with Crippen molar-refractivity contribution in [2.75, 3.05) is 5.75 Å². The zero-order chi connectivity index (χ0) is 17.8. The van der Waals surface area contributed by atoms with Crippen molar-refractivity contribution in [3.05, 3.63) is 21.8 Å². The zero-order valence-corrected chi connectivity index (χ0v) is 16.4. The number of rotatable bonds is 6. The van der Waals surface area contributed by atoms with E-state index in [0.717, 1.165) is 18.4 Å². The van der Waals surface area contributed by atoms with E-state index in [-0.39, 0.29) is 11.5 Å². The first kappa shape index (κ1) is 18.5. The fourth-order valence-electron chi connectivity index (χ4n) is 3.21. The van der Waals surface area contributed by atoms with Crippen molar-refractivity contribution in [1.82, 2.24) is 14.9 Å². The summed E-state index contributed by atoms with van der Waals surface area (Å²) in [6.07, 6.45) is 5.82. The maximum Gasteiger partial charge on any atom is 0.272 e. The lowest BCUT2D eigenvalue weighted by Crippen LogP contribution is -2.37. The summed E-state index contributed by atoms with van der Waals surface area (Å²) in [6, 6.07) is 2.18. The number of thioether (sulfide) groups is 1. The van der Waals surface area contributed by atoms with E-state index in [1.807, 2.05) is 11.4 Å². The summed E-state index contributed by atoms with van der Waals surface area (Å²) in [5.41, 5.74) is 0.731. The molecule has 5 nitrogen and oxygen atoms in total. The highest BCUT2D eigenvalue weighted by atomic mass is 32.2. The van der Waals surface area contributed by atoms with Crippen molar-refractivity contribution in [3.63, 3.8) is 0 Å². The monoisotopic (exact) mass is 379 g/mol. The van der Waals surface area contributed by atoms with Crippen LogP contribution in [0.5, 0.6) is 0 Å².